The monoisotopic (exact) mass is 290 g/mol. The molecule has 2 amide bonds. The molecule has 2 N–H and O–H groups in total. The van der Waals surface area contributed by atoms with Crippen LogP contribution >= 0.6 is 0 Å². The lowest BCUT2D eigenvalue weighted by Gasteiger charge is -2.21. The van der Waals surface area contributed by atoms with Crippen molar-refractivity contribution in [2.24, 2.45) is 0 Å². The van der Waals surface area contributed by atoms with Gasteiger partial charge in [0.05, 0.1) is 0 Å². The van der Waals surface area contributed by atoms with Gasteiger partial charge in [-0.2, -0.15) is 0 Å². The average molecular weight is 290 g/mol. The Balaban J connectivity index is 1.53. The van der Waals surface area contributed by atoms with Gasteiger partial charge in [0.25, 0.3) is 0 Å². The van der Waals surface area contributed by atoms with Gasteiger partial charge >= 0.3 is 6.03 Å². The number of nitrogens with one attached hydrogen (secondary N) is 2. The van der Waals surface area contributed by atoms with E-state index in [1.807, 2.05) is 12.1 Å². The first-order chi connectivity index (χ1) is 10.3. The Morgan fingerprint density at radius 3 is 2.52 bits per heavy atom. The van der Waals surface area contributed by atoms with Gasteiger partial charge in [0.1, 0.15) is 0 Å². The van der Waals surface area contributed by atoms with E-state index in [-0.39, 0.29) is 12.8 Å². The van der Waals surface area contributed by atoms with Crippen LogP contribution in [-0.2, 0) is 0 Å². The maximum absolute atomic E-state index is 12.1. The lowest BCUT2D eigenvalue weighted by atomic mass is 9.97. The number of anilines is 1. The van der Waals surface area contributed by atoms with E-state index in [1.54, 1.807) is 6.07 Å². The van der Waals surface area contributed by atoms with Crippen molar-refractivity contribution < 1.29 is 14.3 Å². The van der Waals surface area contributed by atoms with Crippen LogP contribution in [0, 0.1) is 0 Å². The second-order valence-electron chi connectivity index (χ2n) is 5.71. The first kappa shape index (κ1) is 14.0. The maximum atomic E-state index is 12.1. The first-order valence-electron chi connectivity index (χ1n) is 7.78. The van der Waals surface area contributed by atoms with Crippen LogP contribution in [0.5, 0.6) is 11.5 Å². The number of carbonyl (C=O) groups is 1. The van der Waals surface area contributed by atoms with E-state index < -0.39 is 0 Å². The molecule has 1 aliphatic carbocycles. The second kappa shape index (κ2) is 6.70. The van der Waals surface area contributed by atoms with Gasteiger partial charge in [-0.1, -0.05) is 32.1 Å². The highest BCUT2D eigenvalue weighted by Gasteiger charge is 2.16. The van der Waals surface area contributed by atoms with Crippen molar-refractivity contribution in [2.45, 2.75) is 51.0 Å². The molecule has 2 aliphatic rings. The summed E-state index contributed by atoms with van der Waals surface area (Å²) >= 11 is 0. The maximum Gasteiger partial charge on any atom is 0.319 e. The molecular weight excluding hydrogens is 268 g/mol. The molecule has 0 unspecified atom stereocenters. The highest BCUT2D eigenvalue weighted by molar-refractivity contribution is 5.89. The largest absolute Gasteiger partial charge is 0.454 e. The molecule has 1 saturated carbocycles. The molecule has 0 bridgehead atoms. The van der Waals surface area contributed by atoms with E-state index in [9.17, 15) is 4.79 Å². The van der Waals surface area contributed by atoms with Gasteiger partial charge in [-0.25, -0.2) is 4.79 Å². The third-order valence-electron chi connectivity index (χ3n) is 4.07. The number of amides is 2. The van der Waals surface area contributed by atoms with Crippen molar-refractivity contribution in [3.8, 4) is 11.5 Å². The summed E-state index contributed by atoms with van der Waals surface area (Å²) in [6, 6.07) is 5.58. The number of fused-ring (bicyclic) bond motifs is 1. The summed E-state index contributed by atoms with van der Waals surface area (Å²) in [6.07, 6.45) is 8.45. The van der Waals surface area contributed by atoms with Crippen molar-refractivity contribution in [1.82, 2.24) is 5.32 Å². The molecule has 1 aliphatic heterocycles. The second-order valence-corrected chi connectivity index (χ2v) is 5.71. The van der Waals surface area contributed by atoms with Gasteiger partial charge < -0.3 is 20.1 Å². The van der Waals surface area contributed by atoms with Crippen molar-refractivity contribution in [3.05, 3.63) is 18.2 Å². The number of hydrogen-bond acceptors (Lipinski definition) is 3. The molecule has 0 radical (unpaired) electrons. The Bertz CT molecular complexity index is 496. The third-order valence-corrected chi connectivity index (χ3v) is 4.07. The predicted molar refractivity (Wildman–Crippen MR) is 80.8 cm³/mol. The number of carbonyl (C=O) groups excluding carboxylic acids is 1. The Labute approximate surface area is 125 Å². The molecule has 5 heteroatoms. The Morgan fingerprint density at radius 1 is 1.00 bits per heavy atom. The van der Waals surface area contributed by atoms with Crippen molar-refractivity contribution in [2.75, 3.05) is 12.1 Å². The summed E-state index contributed by atoms with van der Waals surface area (Å²) in [7, 11) is 0. The zero-order valence-corrected chi connectivity index (χ0v) is 12.2. The van der Waals surface area contributed by atoms with Crippen LogP contribution in [0.4, 0.5) is 10.5 Å². The fourth-order valence-corrected chi connectivity index (χ4v) is 2.93. The summed E-state index contributed by atoms with van der Waals surface area (Å²) in [5.41, 5.74) is 0.725. The van der Waals surface area contributed by atoms with E-state index in [1.165, 1.54) is 32.1 Å². The van der Waals surface area contributed by atoms with E-state index in [0.717, 1.165) is 24.3 Å². The Morgan fingerprint density at radius 2 is 1.71 bits per heavy atom. The third kappa shape index (κ3) is 3.80. The number of ether oxygens (including phenoxy) is 2. The van der Waals surface area contributed by atoms with Crippen molar-refractivity contribution >= 4 is 11.7 Å². The summed E-state index contributed by atoms with van der Waals surface area (Å²) in [4.78, 5) is 12.1. The summed E-state index contributed by atoms with van der Waals surface area (Å²) in [5.74, 6) is 1.40. The topological polar surface area (TPSA) is 59.6 Å². The molecule has 0 spiro atoms. The predicted octanol–water partition coefficient (Wildman–Crippen LogP) is 3.65. The molecular formula is C16H22N2O3. The van der Waals surface area contributed by atoms with Crippen molar-refractivity contribution in [1.29, 1.82) is 0 Å². The minimum absolute atomic E-state index is 0.139. The fraction of sp³-hybridized carbons (Fsp3) is 0.562. The molecule has 114 valence electrons. The fourth-order valence-electron chi connectivity index (χ4n) is 2.93. The molecule has 0 saturated heterocycles. The van der Waals surface area contributed by atoms with Gasteiger partial charge in [0.2, 0.25) is 6.79 Å². The number of urea groups is 1. The lowest BCUT2D eigenvalue weighted by Crippen LogP contribution is -2.38. The zero-order valence-electron chi connectivity index (χ0n) is 12.2. The molecule has 3 rings (SSSR count). The smallest absolute Gasteiger partial charge is 0.319 e. The molecule has 1 aromatic rings. The number of rotatable bonds is 2. The van der Waals surface area contributed by atoms with Gasteiger partial charge in [-0.15, -0.1) is 0 Å². The van der Waals surface area contributed by atoms with Crippen LogP contribution in [0.1, 0.15) is 44.9 Å². The van der Waals surface area contributed by atoms with Crippen LogP contribution in [0.2, 0.25) is 0 Å². The molecule has 21 heavy (non-hydrogen) atoms. The number of hydrogen-bond donors (Lipinski definition) is 2. The van der Waals surface area contributed by atoms with E-state index in [2.05, 4.69) is 10.6 Å². The molecule has 1 fully saturated rings. The average Bonchev–Trinajstić information content (AvgIpc) is 2.89. The minimum atomic E-state index is -0.139. The quantitative estimate of drug-likeness (QED) is 0.874. The summed E-state index contributed by atoms with van der Waals surface area (Å²) in [5, 5.41) is 5.95. The molecule has 1 aromatic carbocycles. The van der Waals surface area contributed by atoms with Crippen LogP contribution in [0.3, 0.4) is 0 Å². The molecule has 0 atom stereocenters. The number of benzene rings is 1. The van der Waals surface area contributed by atoms with Crippen LogP contribution in [0.25, 0.3) is 0 Å². The molecule has 5 nitrogen and oxygen atoms in total. The Kier molecular flexibility index (Phi) is 4.48. The standard InChI is InChI=1S/C16H22N2O3/c19-16(17-12-6-4-2-1-3-5-7-12)18-13-8-9-14-15(10-13)21-11-20-14/h8-10,12H,1-7,11H2,(H2,17,18,19). The highest BCUT2D eigenvalue weighted by atomic mass is 16.7. The molecule has 1 heterocycles. The van der Waals surface area contributed by atoms with E-state index >= 15 is 0 Å². The SMILES string of the molecule is O=C(Nc1ccc2c(c1)OCO2)NC1CCCCCCC1. The lowest BCUT2D eigenvalue weighted by molar-refractivity contribution is 0.174. The Hall–Kier alpha value is -1.91. The van der Waals surface area contributed by atoms with Gasteiger partial charge in [-0.3, -0.25) is 0 Å². The minimum Gasteiger partial charge on any atom is -0.454 e. The first-order valence-corrected chi connectivity index (χ1v) is 7.78. The highest BCUT2D eigenvalue weighted by Crippen LogP contribution is 2.34. The van der Waals surface area contributed by atoms with Crippen LogP contribution in [0.15, 0.2) is 18.2 Å². The van der Waals surface area contributed by atoms with Crippen LogP contribution < -0.4 is 20.1 Å². The van der Waals surface area contributed by atoms with E-state index in [0.29, 0.717) is 11.8 Å². The normalized spacial score (nSPS) is 18.7. The molecule has 0 aromatic heterocycles. The van der Waals surface area contributed by atoms with Gasteiger partial charge in [0.15, 0.2) is 11.5 Å². The van der Waals surface area contributed by atoms with Crippen molar-refractivity contribution in [3.63, 3.8) is 0 Å². The zero-order chi connectivity index (χ0) is 14.5. The summed E-state index contributed by atoms with van der Waals surface area (Å²) < 4.78 is 10.6. The van der Waals surface area contributed by atoms with Crippen LogP contribution in [-0.4, -0.2) is 18.9 Å². The van der Waals surface area contributed by atoms with Gasteiger partial charge in [-0.05, 0) is 25.0 Å². The van der Waals surface area contributed by atoms with E-state index in [4.69, 9.17) is 9.47 Å². The summed E-state index contributed by atoms with van der Waals surface area (Å²) in [6.45, 7) is 0.243. The van der Waals surface area contributed by atoms with Gasteiger partial charge in [0, 0.05) is 17.8 Å².